The lowest BCUT2D eigenvalue weighted by Gasteiger charge is -2.16. The van der Waals surface area contributed by atoms with Gasteiger partial charge in [0, 0.05) is 5.56 Å². The van der Waals surface area contributed by atoms with Crippen LogP contribution in [0.25, 0.3) is 22.3 Å². The van der Waals surface area contributed by atoms with Crippen LogP contribution in [0, 0.1) is 11.6 Å². The standard InChI is InChI=1S/C33H42F2O2/c1-4-6-8-9-10-12-22-36-29-18-14-26(15-19-29)30-20-16-27(23-31(30)34)28-17-21-33(32(35)24-28)37-25(3)13-11-7-5-2/h14-21,23-25H,4-13,22H2,1-3H3/t25-/m1/s1. The number of hydrogen-bond acceptors (Lipinski definition) is 2. The van der Waals surface area contributed by atoms with Gasteiger partial charge in [-0.15, -0.1) is 0 Å². The van der Waals surface area contributed by atoms with Crippen molar-refractivity contribution in [3.8, 4) is 33.8 Å². The SMILES string of the molecule is CCCCCCCCOc1ccc(-c2ccc(-c3ccc(O[C@H](C)CCCCC)c(F)c3)cc2F)cc1. The van der Waals surface area contributed by atoms with Crippen LogP contribution in [-0.2, 0) is 0 Å². The summed E-state index contributed by atoms with van der Waals surface area (Å²) < 4.78 is 41.4. The van der Waals surface area contributed by atoms with E-state index in [1.165, 1.54) is 44.2 Å². The topological polar surface area (TPSA) is 18.5 Å². The summed E-state index contributed by atoms with van der Waals surface area (Å²) >= 11 is 0. The van der Waals surface area contributed by atoms with Crippen molar-refractivity contribution in [2.45, 2.75) is 91.1 Å². The van der Waals surface area contributed by atoms with E-state index in [-0.39, 0.29) is 17.7 Å². The number of ether oxygens (including phenoxy) is 2. The van der Waals surface area contributed by atoms with Gasteiger partial charge in [0.1, 0.15) is 11.6 Å². The molecule has 0 N–H and O–H groups in total. The minimum atomic E-state index is -0.430. The number of benzene rings is 3. The molecule has 3 aromatic rings. The molecule has 200 valence electrons. The quantitative estimate of drug-likeness (QED) is 0.179. The molecule has 0 aromatic heterocycles. The molecule has 1 atom stereocenters. The Kier molecular flexibility index (Phi) is 11.9. The van der Waals surface area contributed by atoms with Gasteiger partial charge in [0.05, 0.1) is 12.7 Å². The van der Waals surface area contributed by atoms with Gasteiger partial charge in [-0.25, -0.2) is 8.78 Å². The first kappa shape index (κ1) is 28.7. The summed E-state index contributed by atoms with van der Waals surface area (Å²) in [6.45, 7) is 7.04. The Labute approximate surface area is 222 Å². The molecule has 0 fully saturated rings. The third-order valence-corrected chi connectivity index (χ3v) is 6.71. The second-order valence-electron chi connectivity index (χ2n) is 9.90. The van der Waals surface area contributed by atoms with E-state index in [1.807, 2.05) is 37.3 Å². The molecular formula is C33H42F2O2. The van der Waals surface area contributed by atoms with Gasteiger partial charge >= 0.3 is 0 Å². The van der Waals surface area contributed by atoms with Crippen molar-refractivity contribution in [3.63, 3.8) is 0 Å². The molecule has 0 saturated carbocycles. The molecule has 4 heteroatoms. The minimum Gasteiger partial charge on any atom is -0.494 e. The second kappa shape index (κ2) is 15.4. The van der Waals surface area contributed by atoms with Gasteiger partial charge in [0.15, 0.2) is 11.6 Å². The van der Waals surface area contributed by atoms with Crippen molar-refractivity contribution < 1.29 is 18.3 Å². The molecule has 0 amide bonds. The molecule has 0 spiro atoms. The summed E-state index contributed by atoms with van der Waals surface area (Å²) in [6.07, 6.45) is 11.6. The molecule has 3 rings (SSSR count). The molecule has 0 unspecified atom stereocenters. The van der Waals surface area contributed by atoms with Gasteiger partial charge in [-0.3, -0.25) is 0 Å². The molecule has 0 heterocycles. The van der Waals surface area contributed by atoms with Gasteiger partial charge < -0.3 is 9.47 Å². The highest BCUT2D eigenvalue weighted by Gasteiger charge is 2.12. The van der Waals surface area contributed by atoms with Gasteiger partial charge in [-0.1, -0.05) is 89.1 Å². The molecule has 37 heavy (non-hydrogen) atoms. The normalized spacial score (nSPS) is 11.9. The molecule has 0 radical (unpaired) electrons. The van der Waals surface area contributed by atoms with Crippen molar-refractivity contribution in [3.05, 3.63) is 72.3 Å². The minimum absolute atomic E-state index is 0.0454. The summed E-state index contributed by atoms with van der Waals surface area (Å²) in [4.78, 5) is 0. The molecule has 0 aliphatic heterocycles. The van der Waals surface area contributed by atoms with Gasteiger partial charge in [-0.2, -0.15) is 0 Å². The van der Waals surface area contributed by atoms with Gasteiger partial charge in [0.25, 0.3) is 0 Å². The van der Waals surface area contributed by atoms with Crippen LogP contribution in [0.15, 0.2) is 60.7 Å². The van der Waals surface area contributed by atoms with Crippen LogP contribution in [0.3, 0.4) is 0 Å². The molecular weight excluding hydrogens is 466 g/mol. The first-order valence-electron chi connectivity index (χ1n) is 14.0. The molecule has 0 bridgehead atoms. The number of unbranched alkanes of at least 4 members (excludes halogenated alkanes) is 7. The number of halogens is 2. The van der Waals surface area contributed by atoms with E-state index in [1.54, 1.807) is 18.2 Å². The van der Waals surface area contributed by atoms with E-state index in [4.69, 9.17) is 9.47 Å². The second-order valence-corrected chi connectivity index (χ2v) is 9.90. The third-order valence-electron chi connectivity index (χ3n) is 6.71. The van der Waals surface area contributed by atoms with E-state index >= 15 is 4.39 Å². The zero-order valence-electron chi connectivity index (χ0n) is 22.7. The lowest BCUT2D eigenvalue weighted by molar-refractivity contribution is 0.198. The maximum atomic E-state index is 15.0. The average Bonchev–Trinajstić information content (AvgIpc) is 2.90. The summed E-state index contributed by atoms with van der Waals surface area (Å²) in [5.74, 6) is 0.264. The van der Waals surface area contributed by atoms with Crippen LogP contribution in [0.5, 0.6) is 11.5 Å². The van der Waals surface area contributed by atoms with Crippen molar-refractivity contribution >= 4 is 0 Å². The summed E-state index contributed by atoms with van der Waals surface area (Å²) in [5, 5.41) is 0. The van der Waals surface area contributed by atoms with Crippen molar-refractivity contribution in [2.24, 2.45) is 0 Å². The van der Waals surface area contributed by atoms with Crippen molar-refractivity contribution in [1.82, 2.24) is 0 Å². The Morgan fingerprint density at radius 3 is 1.92 bits per heavy atom. The van der Waals surface area contributed by atoms with Crippen LogP contribution < -0.4 is 9.47 Å². The Balaban J connectivity index is 1.58. The van der Waals surface area contributed by atoms with E-state index in [9.17, 15) is 4.39 Å². The molecule has 0 aliphatic rings. The molecule has 3 aromatic carbocycles. The summed E-state index contributed by atoms with van der Waals surface area (Å²) in [7, 11) is 0. The van der Waals surface area contributed by atoms with Crippen molar-refractivity contribution in [1.29, 1.82) is 0 Å². The monoisotopic (exact) mass is 508 g/mol. The van der Waals surface area contributed by atoms with E-state index in [0.717, 1.165) is 43.4 Å². The Bertz CT molecular complexity index is 1080. The van der Waals surface area contributed by atoms with Crippen LogP contribution in [0.4, 0.5) is 8.78 Å². The molecule has 2 nitrogen and oxygen atoms in total. The number of hydrogen-bond donors (Lipinski definition) is 0. The first-order chi connectivity index (χ1) is 18.0. The average molecular weight is 509 g/mol. The zero-order valence-corrected chi connectivity index (χ0v) is 22.7. The molecule has 0 saturated heterocycles. The Morgan fingerprint density at radius 1 is 0.649 bits per heavy atom. The Hall–Kier alpha value is -2.88. The summed E-state index contributed by atoms with van der Waals surface area (Å²) in [5.41, 5.74) is 2.53. The Morgan fingerprint density at radius 2 is 1.24 bits per heavy atom. The smallest absolute Gasteiger partial charge is 0.165 e. The largest absolute Gasteiger partial charge is 0.494 e. The summed E-state index contributed by atoms with van der Waals surface area (Å²) in [6, 6.07) is 17.4. The highest BCUT2D eigenvalue weighted by molar-refractivity contribution is 5.71. The maximum Gasteiger partial charge on any atom is 0.165 e. The number of rotatable bonds is 16. The predicted octanol–water partition coefficient (Wildman–Crippen LogP) is 10.4. The van der Waals surface area contributed by atoms with E-state index in [2.05, 4.69) is 13.8 Å². The van der Waals surface area contributed by atoms with Gasteiger partial charge in [0.2, 0.25) is 0 Å². The van der Waals surface area contributed by atoms with Gasteiger partial charge in [-0.05, 0) is 73.2 Å². The molecule has 0 aliphatic carbocycles. The van der Waals surface area contributed by atoms with E-state index in [0.29, 0.717) is 23.3 Å². The van der Waals surface area contributed by atoms with Crippen LogP contribution in [0.2, 0.25) is 0 Å². The van der Waals surface area contributed by atoms with E-state index < -0.39 is 5.82 Å². The van der Waals surface area contributed by atoms with Crippen LogP contribution >= 0.6 is 0 Å². The fourth-order valence-electron chi connectivity index (χ4n) is 4.47. The van der Waals surface area contributed by atoms with Crippen molar-refractivity contribution in [2.75, 3.05) is 6.61 Å². The highest BCUT2D eigenvalue weighted by Crippen LogP contribution is 2.31. The lowest BCUT2D eigenvalue weighted by Crippen LogP contribution is -2.12. The third kappa shape index (κ3) is 9.18. The fourth-order valence-corrected chi connectivity index (χ4v) is 4.47. The predicted molar refractivity (Wildman–Crippen MR) is 150 cm³/mol. The van der Waals surface area contributed by atoms with Crippen LogP contribution in [-0.4, -0.2) is 12.7 Å². The maximum absolute atomic E-state index is 15.0. The fraction of sp³-hybridized carbons (Fsp3) is 0.455. The lowest BCUT2D eigenvalue weighted by atomic mass is 9.99. The first-order valence-corrected chi connectivity index (χ1v) is 14.0. The highest BCUT2D eigenvalue weighted by atomic mass is 19.1. The zero-order chi connectivity index (χ0) is 26.5. The van der Waals surface area contributed by atoms with Crippen LogP contribution in [0.1, 0.15) is 85.0 Å².